The molecule has 1 atom stereocenters. The van der Waals surface area contributed by atoms with E-state index in [0.29, 0.717) is 25.3 Å². The minimum atomic E-state index is -0.687. The zero-order chi connectivity index (χ0) is 13.5. The fraction of sp³-hybridized carbons (Fsp3) is 0.308. The maximum Gasteiger partial charge on any atom is 0.315 e. The van der Waals surface area contributed by atoms with Crippen LogP contribution < -0.4 is 10.6 Å². The van der Waals surface area contributed by atoms with Crippen LogP contribution in [0.15, 0.2) is 40.3 Å². The minimum absolute atomic E-state index is 0.236. The van der Waals surface area contributed by atoms with Gasteiger partial charge in [-0.2, -0.15) is 0 Å². The quantitative estimate of drug-likeness (QED) is 0.760. The van der Waals surface area contributed by atoms with Crippen molar-refractivity contribution in [2.24, 2.45) is 0 Å². The number of hydrogen-bond acceptors (Lipinski definition) is 4. The monoisotopic (exact) mass is 280 g/mol. The summed E-state index contributed by atoms with van der Waals surface area (Å²) in [5.41, 5.74) is 0. The lowest BCUT2D eigenvalue weighted by Gasteiger charge is -2.09. The van der Waals surface area contributed by atoms with E-state index >= 15 is 0 Å². The Morgan fingerprint density at radius 2 is 2.26 bits per heavy atom. The molecule has 5 nitrogen and oxygen atoms in total. The maximum atomic E-state index is 11.5. The Bertz CT molecular complexity index is 482. The number of rotatable bonds is 6. The Hall–Kier alpha value is -1.79. The molecule has 19 heavy (non-hydrogen) atoms. The summed E-state index contributed by atoms with van der Waals surface area (Å²) in [5.74, 6) is 0.515. The molecule has 2 amide bonds. The predicted octanol–water partition coefficient (Wildman–Crippen LogP) is 2.26. The maximum absolute atomic E-state index is 11.5. The number of thiophene rings is 1. The van der Waals surface area contributed by atoms with Crippen LogP contribution in [0.25, 0.3) is 0 Å². The van der Waals surface area contributed by atoms with Gasteiger partial charge in [0, 0.05) is 11.4 Å². The Balaban J connectivity index is 1.61. The van der Waals surface area contributed by atoms with Gasteiger partial charge in [0.2, 0.25) is 0 Å². The topological polar surface area (TPSA) is 74.5 Å². The Labute approximate surface area is 115 Å². The highest BCUT2D eigenvalue weighted by molar-refractivity contribution is 7.09. The van der Waals surface area contributed by atoms with Crippen molar-refractivity contribution < 1.29 is 14.3 Å². The smallest absolute Gasteiger partial charge is 0.315 e. The van der Waals surface area contributed by atoms with Gasteiger partial charge in [-0.15, -0.1) is 11.3 Å². The van der Waals surface area contributed by atoms with Crippen molar-refractivity contribution in [3.63, 3.8) is 0 Å². The first kappa shape index (κ1) is 13.6. The summed E-state index contributed by atoms with van der Waals surface area (Å²) < 4.78 is 5.07. The predicted molar refractivity (Wildman–Crippen MR) is 72.8 cm³/mol. The molecule has 0 aromatic carbocycles. The first-order chi connectivity index (χ1) is 9.25. The third-order valence-corrected chi connectivity index (χ3v) is 3.45. The largest absolute Gasteiger partial charge is 0.467 e. The van der Waals surface area contributed by atoms with Gasteiger partial charge < -0.3 is 20.2 Å². The van der Waals surface area contributed by atoms with Crippen LogP contribution in [0.4, 0.5) is 4.79 Å². The van der Waals surface area contributed by atoms with E-state index in [1.165, 1.54) is 6.26 Å². The van der Waals surface area contributed by atoms with Crippen molar-refractivity contribution in [1.82, 2.24) is 10.6 Å². The number of carbonyl (C=O) groups is 1. The highest BCUT2D eigenvalue weighted by atomic mass is 32.1. The van der Waals surface area contributed by atoms with Gasteiger partial charge in [0.1, 0.15) is 11.9 Å². The minimum Gasteiger partial charge on any atom is -0.467 e. The van der Waals surface area contributed by atoms with Crippen molar-refractivity contribution in [1.29, 1.82) is 0 Å². The number of furan rings is 1. The number of amides is 2. The van der Waals surface area contributed by atoms with E-state index in [2.05, 4.69) is 10.6 Å². The van der Waals surface area contributed by atoms with Crippen molar-refractivity contribution >= 4 is 17.4 Å². The summed E-state index contributed by atoms with van der Waals surface area (Å²) >= 11 is 1.60. The second-order valence-corrected chi connectivity index (χ2v) is 5.04. The molecule has 0 aliphatic carbocycles. The summed E-state index contributed by atoms with van der Waals surface area (Å²) in [6.45, 7) is 0.905. The lowest BCUT2D eigenvalue weighted by atomic mass is 10.2. The molecular weight excluding hydrogens is 264 g/mol. The normalized spacial score (nSPS) is 12.1. The summed E-state index contributed by atoms with van der Waals surface area (Å²) in [7, 11) is 0. The molecular formula is C13H16N2O3S. The van der Waals surface area contributed by atoms with Gasteiger partial charge in [0.05, 0.1) is 12.8 Å². The van der Waals surface area contributed by atoms with Crippen LogP contribution in [0.2, 0.25) is 0 Å². The van der Waals surface area contributed by atoms with Crippen molar-refractivity contribution in [2.45, 2.75) is 19.1 Å². The van der Waals surface area contributed by atoms with Gasteiger partial charge in [-0.1, -0.05) is 6.07 Å². The first-order valence-corrected chi connectivity index (χ1v) is 6.89. The Morgan fingerprint density at radius 3 is 2.95 bits per heavy atom. The first-order valence-electron chi connectivity index (χ1n) is 6.01. The van der Waals surface area contributed by atoms with Crippen LogP contribution in [0.3, 0.4) is 0 Å². The molecule has 0 radical (unpaired) electrons. The second kappa shape index (κ2) is 6.96. The van der Waals surface area contributed by atoms with Crippen LogP contribution in [0.1, 0.15) is 23.2 Å². The van der Waals surface area contributed by atoms with Gasteiger partial charge in [0.15, 0.2) is 0 Å². The van der Waals surface area contributed by atoms with Gasteiger partial charge in [-0.3, -0.25) is 0 Å². The molecule has 0 aliphatic heterocycles. The molecule has 0 unspecified atom stereocenters. The summed E-state index contributed by atoms with van der Waals surface area (Å²) in [5, 5.41) is 17.1. The number of urea groups is 1. The number of nitrogens with one attached hydrogen (secondary N) is 2. The van der Waals surface area contributed by atoms with E-state index in [9.17, 15) is 9.90 Å². The van der Waals surface area contributed by atoms with E-state index in [4.69, 9.17) is 4.42 Å². The fourth-order valence-corrected chi connectivity index (χ4v) is 2.23. The van der Waals surface area contributed by atoms with Gasteiger partial charge in [-0.25, -0.2) is 4.79 Å². The molecule has 0 saturated heterocycles. The molecule has 102 valence electrons. The summed E-state index contributed by atoms with van der Waals surface area (Å²) in [6.07, 6.45) is 1.24. The lowest BCUT2D eigenvalue weighted by Crippen LogP contribution is -2.35. The molecule has 0 aliphatic rings. The molecule has 2 rings (SSSR count). The fourth-order valence-electron chi connectivity index (χ4n) is 1.59. The third-order valence-electron chi connectivity index (χ3n) is 2.58. The summed E-state index contributed by atoms with van der Waals surface area (Å²) in [6, 6.07) is 7.10. The van der Waals surface area contributed by atoms with Crippen molar-refractivity contribution in [2.75, 3.05) is 6.54 Å². The molecule has 0 saturated carbocycles. The van der Waals surface area contributed by atoms with Crippen LogP contribution in [0, 0.1) is 0 Å². The number of aliphatic hydroxyl groups is 1. The molecule has 0 fully saturated rings. The second-order valence-electron chi connectivity index (χ2n) is 4.01. The molecule has 0 spiro atoms. The van der Waals surface area contributed by atoms with Crippen molar-refractivity contribution in [3.05, 3.63) is 46.5 Å². The van der Waals surface area contributed by atoms with Crippen LogP contribution in [-0.4, -0.2) is 17.7 Å². The molecule has 2 heterocycles. The molecule has 0 bridgehead atoms. The van der Waals surface area contributed by atoms with Crippen LogP contribution in [-0.2, 0) is 6.54 Å². The third kappa shape index (κ3) is 4.42. The van der Waals surface area contributed by atoms with Crippen LogP contribution >= 0.6 is 11.3 Å². The number of hydrogen-bond donors (Lipinski definition) is 3. The van der Waals surface area contributed by atoms with E-state index < -0.39 is 6.10 Å². The molecule has 2 aromatic heterocycles. The van der Waals surface area contributed by atoms with E-state index in [-0.39, 0.29) is 6.03 Å². The number of carbonyl (C=O) groups excluding carboxylic acids is 1. The average molecular weight is 280 g/mol. The Morgan fingerprint density at radius 1 is 1.37 bits per heavy atom. The van der Waals surface area contributed by atoms with E-state index in [0.717, 1.165) is 4.88 Å². The van der Waals surface area contributed by atoms with E-state index in [1.807, 2.05) is 17.5 Å². The Kier molecular flexibility index (Phi) is 5.00. The molecule has 6 heteroatoms. The molecule has 3 N–H and O–H groups in total. The molecule has 2 aromatic rings. The van der Waals surface area contributed by atoms with Gasteiger partial charge >= 0.3 is 6.03 Å². The average Bonchev–Trinajstić information content (AvgIpc) is 3.09. The number of aliphatic hydroxyl groups excluding tert-OH is 1. The lowest BCUT2D eigenvalue weighted by molar-refractivity contribution is 0.140. The van der Waals surface area contributed by atoms with E-state index in [1.54, 1.807) is 23.5 Å². The van der Waals surface area contributed by atoms with Gasteiger partial charge in [-0.05, 0) is 30.0 Å². The SMILES string of the molecule is O=C(NCC[C@H](O)c1ccco1)NCc1cccs1. The zero-order valence-electron chi connectivity index (χ0n) is 10.3. The van der Waals surface area contributed by atoms with Gasteiger partial charge in [0.25, 0.3) is 0 Å². The summed E-state index contributed by atoms with van der Waals surface area (Å²) in [4.78, 5) is 12.6. The van der Waals surface area contributed by atoms with Crippen LogP contribution in [0.5, 0.6) is 0 Å². The highest BCUT2D eigenvalue weighted by Gasteiger charge is 2.10. The highest BCUT2D eigenvalue weighted by Crippen LogP contribution is 2.15. The zero-order valence-corrected chi connectivity index (χ0v) is 11.2. The van der Waals surface area contributed by atoms with Crippen molar-refractivity contribution in [3.8, 4) is 0 Å². The standard InChI is InChI=1S/C13H16N2O3S/c16-11(12-4-1-7-18-12)5-6-14-13(17)15-9-10-3-2-8-19-10/h1-4,7-8,11,16H,5-6,9H2,(H2,14,15,17)/t11-/m0/s1.